The Labute approximate surface area is 157 Å². The number of nitrogens with zero attached hydrogens (tertiary/aromatic N) is 2. The maximum Gasteiger partial charge on any atom is 0.340 e. The number of aromatic nitrogens is 1. The summed E-state index contributed by atoms with van der Waals surface area (Å²) in [5, 5.41) is 0.500. The molecule has 3 rings (SSSR count). The number of carbonyl (C=O) groups is 2. The highest BCUT2D eigenvalue weighted by Gasteiger charge is 2.24. The van der Waals surface area contributed by atoms with Gasteiger partial charge in [-0.1, -0.05) is 11.6 Å². The number of benzene rings is 1. The predicted octanol–water partition coefficient (Wildman–Crippen LogP) is 2.05. The first-order chi connectivity index (χ1) is 12.3. The molecule has 2 aromatic heterocycles. The first-order valence-electron chi connectivity index (χ1n) is 7.58. The molecular weight excluding hydrogens is 376 g/mol. The maximum absolute atomic E-state index is 12.9. The van der Waals surface area contributed by atoms with Gasteiger partial charge >= 0.3 is 5.97 Å². The minimum atomic E-state index is -0.602. The average molecular weight is 391 g/mol. The van der Waals surface area contributed by atoms with Gasteiger partial charge in [0, 0.05) is 30.9 Å². The van der Waals surface area contributed by atoms with E-state index in [1.54, 1.807) is 49.5 Å². The van der Waals surface area contributed by atoms with E-state index in [9.17, 15) is 14.4 Å². The van der Waals surface area contributed by atoms with Gasteiger partial charge in [0.25, 0.3) is 5.56 Å². The highest BCUT2D eigenvalue weighted by molar-refractivity contribution is 7.15. The van der Waals surface area contributed by atoms with Crippen LogP contribution in [0.25, 0.3) is 11.0 Å². The third kappa shape index (κ3) is 3.11. The Morgan fingerprint density at radius 1 is 1.23 bits per heavy atom. The summed E-state index contributed by atoms with van der Waals surface area (Å²) in [5.74, 6) is -0.978. The maximum atomic E-state index is 12.9. The zero-order valence-corrected chi connectivity index (χ0v) is 15.9. The van der Waals surface area contributed by atoms with Gasteiger partial charge in [-0.15, -0.1) is 11.3 Å². The van der Waals surface area contributed by atoms with Crippen molar-refractivity contribution in [3.8, 4) is 0 Å². The van der Waals surface area contributed by atoms with Crippen LogP contribution in [-0.4, -0.2) is 42.3 Å². The number of thiazole rings is 1. The fourth-order valence-corrected chi connectivity index (χ4v) is 3.84. The molecule has 0 aliphatic rings. The highest BCUT2D eigenvalue weighted by Crippen LogP contribution is 2.22. The van der Waals surface area contributed by atoms with Crippen LogP contribution in [0.2, 0.25) is 5.02 Å². The largest absolute Gasteiger partial charge is 0.465 e. The molecule has 0 N–H and O–H groups in total. The third-order valence-electron chi connectivity index (χ3n) is 3.70. The fraction of sp³-hybridized carbons (Fsp3) is 0.167. The van der Waals surface area contributed by atoms with Crippen molar-refractivity contribution in [2.45, 2.75) is 0 Å². The summed E-state index contributed by atoms with van der Waals surface area (Å²) in [4.78, 5) is 39.9. The van der Waals surface area contributed by atoms with Gasteiger partial charge in [0.1, 0.15) is 9.36 Å². The number of rotatable bonds is 4. The lowest BCUT2D eigenvalue weighted by Gasteiger charge is -2.01. The number of hydrogen-bond acceptors (Lipinski definition) is 6. The van der Waals surface area contributed by atoms with Crippen molar-refractivity contribution in [3.05, 3.63) is 67.1 Å². The summed E-state index contributed by atoms with van der Waals surface area (Å²) in [6, 6.07) is 7.74. The van der Waals surface area contributed by atoms with E-state index in [0.717, 1.165) is 11.3 Å². The average Bonchev–Trinajstić information content (AvgIpc) is 3.12. The summed E-state index contributed by atoms with van der Waals surface area (Å²) in [7, 11) is 4.83. The molecule has 2 heterocycles. The second-order valence-corrected chi connectivity index (χ2v) is 7.24. The molecule has 8 heteroatoms. The van der Waals surface area contributed by atoms with Gasteiger partial charge in [0.05, 0.1) is 18.4 Å². The number of carbonyl (C=O) groups excluding carboxylic acids is 2. The number of methoxy groups -OCH3 is 1. The Balaban J connectivity index is 2.29. The van der Waals surface area contributed by atoms with Crippen molar-refractivity contribution in [1.29, 1.82) is 0 Å². The zero-order valence-electron chi connectivity index (χ0n) is 14.3. The lowest BCUT2D eigenvalue weighted by molar-refractivity contribution is 0.0603. The van der Waals surface area contributed by atoms with Crippen LogP contribution in [0.1, 0.15) is 26.4 Å². The first-order valence-corrected chi connectivity index (χ1v) is 8.78. The van der Waals surface area contributed by atoms with E-state index in [-0.39, 0.29) is 22.6 Å². The lowest BCUT2D eigenvalue weighted by Crippen LogP contribution is -2.27. The molecule has 26 heavy (non-hydrogen) atoms. The van der Waals surface area contributed by atoms with E-state index >= 15 is 0 Å². The second kappa shape index (κ2) is 6.93. The Bertz CT molecular complexity index is 1110. The molecule has 0 saturated carbocycles. The molecule has 134 valence electrons. The van der Waals surface area contributed by atoms with Crippen LogP contribution in [-0.2, 0) is 4.74 Å². The number of ether oxygens (including phenoxy) is 1. The molecule has 0 spiro atoms. The van der Waals surface area contributed by atoms with E-state index in [0.29, 0.717) is 19.9 Å². The fourth-order valence-electron chi connectivity index (χ4n) is 2.54. The number of fused-ring (bicyclic) bond motifs is 1. The standard InChI is InChI=1S/C18H15ClN2O4S/c1-20(2)9-14-16(23)21-13(8-12(17(21)26-14)18(24)25-3)15(22)10-4-6-11(19)7-5-10/h4-9H,1-3H3/b14-9-. The molecule has 0 aliphatic heterocycles. The van der Waals surface area contributed by atoms with Crippen LogP contribution in [0.3, 0.4) is 0 Å². The normalized spacial score (nSPS) is 11.8. The second-order valence-electron chi connectivity index (χ2n) is 5.78. The van der Waals surface area contributed by atoms with Crippen molar-refractivity contribution in [3.63, 3.8) is 0 Å². The smallest absolute Gasteiger partial charge is 0.340 e. The lowest BCUT2D eigenvalue weighted by atomic mass is 10.1. The van der Waals surface area contributed by atoms with Gasteiger partial charge in [-0.25, -0.2) is 4.79 Å². The molecule has 0 bridgehead atoms. The van der Waals surface area contributed by atoms with Gasteiger partial charge in [-0.2, -0.15) is 0 Å². The van der Waals surface area contributed by atoms with E-state index in [4.69, 9.17) is 16.3 Å². The zero-order chi connectivity index (χ0) is 19.0. The van der Waals surface area contributed by atoms with Crippen LogP contribution in [0.5, 0.6) is 0 Å². The van der Waals surface area contributed by atoms with Gasteiger partial charge in [-0.05, 0) is 30.3 Å². The minimum Gasteiger partial charge on any atom is -0.465 e. The van der Waals surface area contributed by atoms with Crippen LogP contribution < -0.4 is 10.1 Å². The Hall–Kier alpha value is -2.64. The topological polar surface area (TPSA) is 68.1 Å². The first kappa shape index (κ1) is 18.2. The van der Waals surface area contributed by atoms with Gasteiger partial charge in [-0.3, -0.25) is 14.0 Å². The minimum absolute atomic E-state index is 0.113. The van der Waals surface area contributed by atoms with E-state index < -0.39 is 5.97 Å². The van der Waals surface area contributed by atoms with E-state index in [1.165, 1.54) is 17.6 Å². The Kier molecular flexibility index (Phi) is 4.84. The number of ketones is 1. The van der Waals surface area contributed by atoms with Crippen molar-refractivity contribution >= 4 is 45.7 Å². The molecular formula is C18H15ClN2O4S. The Morgan fingerprint density at radius 2 is 1.88 bits per heavy atom. The summed E-state index contributed by atoms with van der Waals surface area (Å²) in [5.41, 5.74) is 0.313. The number of halogens is 1. The summed E-state index contributed by atoms with van der Waals surface area (Å²) < 4.78 is 6.48. The molecule has 6 nitrogen and oxygen atoms in total. The predicted molar refractivity (Wildman–Crippen MR) is 101 cm³/mol. The van der Waals surface area contributed by atoms with Crippen LogP contribution in [0.15, 0.2) is 35.1 Å². The van der Waals surface area contributed by atoms with Crippen LogP contribution in [0, 0.1) is 0 Å². The van der Waals surface area contributed by atoms with E-state index in [2.05, 4.69) is 0 Å². The summed E-state index contributed by atoms with van der Waals surface area (Å²) in [6.45, 7) is 0. The van der Waals surface area contributed by atoms with Crippen molar-refractivity contribution in [1.82, 2.24) is 9.30 Å². The third-order valence-corrected chi connectivity index (χ3v) is 5.04. The molecule has 0 amide bonds. The van der Waals surface area contributed by atoms with Crippen molar-refractivity contribution in [2.75, 3.05) is 21.2 Å². The van der Waals surface area contributed by atoms with Crippen molar-refractivity contribution in [2.24, 2.45) is 0 Å². The van der Waals surface area contributed by atoms with Crippen LogP contribution in [0.4, 0.5) is 0 Å². The number of esters is 1. The van der Waals surface area contributed by atoms with Gasteiger partial charge in [0.15, 0.2) is 0 Å². The quantitative estimate of drug-likeness (QED) is 0.504. The molecule has 0 atom stereocenters. The highest BCUT2D eigenvalue weighted by atomic mass is 35.5. The van der Waals surface area contributed by atoms with E-state index in [1.807, 2.05) is 0 Å². The van der Waals surface area contributed by atoms with Gasteiger partial charge < -0.3 is 9.64 Å². The molecule has 3 aromatic rings. The monoisotopic (exact) mass is 390 g/mol. The molecule has 0 unspecified atom stereocenters. The summed E-state index contributed by atoms with van der Waals surface area (Å²) >= 11 is 7.00. The molecule has 0 aliphatic carbocycles. The SMILES string of the molecule is COC(=O)c1cc(C(=O)c2ccc(Cl)cc2)n2c(=O)/c(=C/N(C)C)sc12. The summed E-state index contributed by atoms with van der Waals surface area (Å²) in [6.07, 6.45) is 1.65. The molecule has 0 saturated heterocycles. The van der Waals surface area contributed by atoms with Crippen molar-refractivity contribution < 1.29 is 14.3 Å². The van der Waals surface area contributed by atoms with Gasteiger partial charge in [0.2, 0.25) is 5.78 Å². The molecule has 1 aromatic carbocycles. The molecule has 0 radical (unpaired) electrons. The van der Waals surface area contributed by atoms with Crippen LogP contribution >= 0.6 is 22.9 Å². The Morgan fingerprint density at radius 3 is 2.46 bits per heavy atom. The number of hydrogen-bond donors (Lipinski definition) is 0. The molecule has 0 fully saturated rings.